The molecule has 0 saturated heterocycles. The zero-order chi connectivity index (χ0) is 12.8. The SMILES string of the molecule is CCCCc1c(C(=O)OCC)c(C)cc[n+]1[O-]. The van der Waals surface area contributed by atoms with Crippen LogP contribution < -0.4 is 4.73 Å². The van der Waals surface area contributed by atoms with Crippen LogP contribution in [0.1, 0.15) is 48.3 Å². The zero-order valence-corrected chi connectivity index (χ0v) is 10.7. The topological polar surface area (TPSA) is 53.2 Å². The van der Waals surface area contributed by atoms with Gasteiger partial charge >= 0.3 is 5.97 Å². The second-order valence-electron chi connectivity index (χ2n) is 3.97. The number of unbranched alkanes of at least 4 members (excludes halogenated alkanes) is 1. The Morgan fingerprint density at radius 1 is 1.47 bits per heavy atom. The summed E-state index contributed by atoms with van der Waals surface area (Å²) in [6, 6.07) is 1.65. The number of ether oxygens (including phenoxy) is 1. The summed E-state index contributed by atoms with van der Waals surface area (Å²) in [7, 11) is 0. The van der Waals surface area contributed by atoms with Gasteiger partial charge in [-0.2, -0.15) is 4.73 Å². The average Bonchev–Trinajstić information content (AvgIpc) is 2.30. The first-order valence-electron chi connectivity index (χ1n) is 6.00. The lowest BCUT2D eigenvalue weighted by Gasteiger charge is -2.11. The number of carbonyl (C=O) groups excluding carboxylic acids is 1. The summed E-state index contributed by atoms with van der Waals surface area (Å²) in [4.78, 5) is 11.8. The number of nitrogens with zero attached hydrogens (tertiary/aromatic N) is 1. The van der Waals surface area contributed by atoms with Crippen LogP contribution in [-0.4, -0.2) is 12.6 Å². The molecule has 4 nitrogen and oxygen atoms in total. The van der Waals surface area contributed by atoms with Crippen LogP contribution in [0.25, 0.3) is 0 Å². The molecule has 0 unspecified atom stereocenters. The highest BCUT2D eigenvalue weighted by molar-refractivity contribution is 5.91. The van der Waals surface area contributed by atoms with Crippen LogP contribution in [-0.2, 0) is 11.2 Å². The fourth-order valence-electron chi connectivity index (χ4n) is 1.75. The Hall–Kier alpha value is -1.58. The zero-order valence-electron chi connectivity index (χ0n) is 10.7. The van der Waals surface area contributed by atoms with Gasteiger partial charge in [-0.05, 0) is 25.8 Å². The van der Waals surface area contributed by atoms with E-state index in [4.69, 9.17) is 4.74 Å². The highest BCUT2D eigenvalue weighted by atomic mass is 16.5. The van der Waals surface area contributed by atoms with E-state index in [0.717, 1.165) is 23.1 Å². The minimum absolute atomic E-state index is 0.319. The Kier molecular flexibility index (Phi) is 4.94. The van der Waals surface area contributed by atoms with Crippen molar-refractivity contribution < 1.29 is 14.3 Å². The molecule has 1 rings (SSSR count). The molecule has 1 heterocycles. The molecule has 0 N–H and O–H groups in total. The summed E-state index contributed by atoms with van der Waals surface area (Å²) < 4.78 is 5.77. The third-order valence-corrected chi connectivity index (χ3v) is 2.66. The van der Waals surface area contributed by atoms with E-state index in [1.807, 2.05) is 6.92 Å². The molecule has 17 heavy (non-hydrogen) atoms. The van der Waals surface area contributed by atoms with Gasteiger partial charge in [0.25, 0.3) is 0 Å². The van der Waals surface area contributed by atoms with E-state index < -0.39 is 5.97 Å². The third kappa shape index (κ3) is 3.19. The molecule has 0 aliphatic rings. The second kappa shape index (κ2) is 6.23. The van der Waals surface area contributed by atoms with Crippen molar-refractivity contribution in [3.63, 3.8) is 0 Å². The summed E-state index contributed by atoms with van der Waals surface area (Å²) in [5.41, 5.74) is 1.74. The lowest BCUT2D eigenvalue weighted by atomic mass is 10.0. The van der Waals surface area contributed by atoms with Gasteiger partial charge in [-0.15, -0.1) is 0 Å². The van der Waals surface area contributed by atoms with Crippen molar-refractivity contribution in [1.82, 2.24) is 0 Å². The molecule has 4 heteroatoms. The van der Waals surface area contributed by atoms with Crippen LogP contribution in [0.4, 0.5) is 0 Å². The average molecular weight is 237 g/mol. The van der Waals surface area contributed by atoms with Crippen molar-refractivity contribution in [2.45, 2.75) is 40.0 Å². The predicted molar refractivity (Wildman–Crippen MR) is 64.7 cm³/mol. The third-order valence-electron chi connectivity index (χ3n) is 2.66. The summed E-state index contributed by atoms with van der Waals surface area (Å²) in [5.74, 6) is -0.402. The summed E-state index contributed by atoms with van der Waals surface area (Å²) in [5, 5.41) is 11.7. The standard InChI is InChI=1S/C13H19NO3/c1-4-6-7-11-12(13(15)17-5-2)10(3)8-9-14(11)16/h8-9H,4-7H2,1-3H3. The first kappa shape index (κ1) is 13.5. The van der Waals surface area contributed by atoms with Crippen LogP contribution >= 0.6 is 0 Å². The van der Waals surface area contributed by atoms with E-state index in [1.165, 1.54) is 6.20 Å². The number of aryl methyl sites for hydroxylation is 1. The van der Waals surface area contributed by atoms with Gasteiger partial charge in [-0.1, -0.05) is 13.3 Å². The van der Waals surface area contributed by atoms with E-state index in [1.54, 1.807) is 13.0 Å². The van der Waals surface area contributed by atoms with Crippen LogP contribution in [0.3, 0.4) is 0 Å². The van der Waals surface area contributed by atoms with Gasteiger partial charge in [0.1, 0.15) is 5.56 Å². The monoisotopic (exact) mass is 237 g/mol. The second-order valence-corrected chi connectivity index (χ2v) is 3.97. The number of rotatable bonds is 5. The number of carbonyl (C=O) groups is 1. The molecule has 0 atom stereocenters. The maximum atomic E-state index is 11.8. The molecule has 0 aliphatic carbocycles. The molecule has 0 spiro atoms. The van der Waals surface area contributed by atoms with Crippen molar-refractivity contribution in [2.75, 3.05) is 6.61 Å². The highest BCUT2D eigenvalue weighted by Gasteiger charge is 2.22. The quantitative estimate of drug-likeness (QED) is 0.448. The Morgan fingerprint density at radius 3 is 2.76 bits per heavy atom. The molecule has 0 aliphatic heterocycles. The highest BCUT2D eigenvalue weighted by Crippen LogP contribution is 2.14. The van der Waals surface area contributed by atoms with E-state index in [9.17, 15) is 10.0 Å². The minimum atomic E-state index is -0.402. The van der Waals surface area contributed by atoms with Gasteiger partial charge in [0.15, 0.2) is 6.20 Å². The lowest BCUT2D eigenvalue weighted by Crippen LogP contribution is -2.34. The van der Waals surface area contributed by atoms with Gasteiger partial charge in [-0.25, -0.2) is 4.79 Å². The van der Waals surface area contributed by atoms with Gasteiger partial charge in [0.2, 0.25) is 5.69 Å². The fourth-order valence-corrected chi connectivity index (χ4v) is 1.75. The molecule has 94 valence electrons. The number of aromatic nitrogens is 1. The molecule has 1 aromatic heterocycles. The number of hydrogen-bond donors (Lipinski definition) is 0. The van der Waals surface area contributed by atoms with Crippen LogP contribution in [0.2, 0.25) is 0 Å². The Labute approximate surface area is 102 Å². The maximum absolute atomic E-state index is 11.8. The number of pyridine rings is 1. The molecule has 0 bridgehead atoms. The Balaban J connectivity index is 3.14. The van der Waals surface area contributed by atoms with Gasteiger partial charge in [0, 0.05) is 12.5 Å². The minimum Gasteiger partial charge on any atom is -0.618 e. The van der Waals surface area contributed by atoms with Crippen molar-refractivity contribution in [3.8, 4) is 0 Å². The van der Waals surface area contributed by atoms with Crippen LogP contribution in [0.15, 0.2) is 12.3 Å². The van der Waals surface area contributed by atoms with E-state index in [-0.39, 0.29) is 0 Å². The smallest absolute Gasteiger partial charge is 0.344 e. The summed E-state index contributed by atoms with van der Waals surface area (Å²) >= 11 is 0. The maximum Gasteiger partial charge on any atom is 0.344 e. The van der Waals surface area contributed by atoms with Crippen molar-refractivity contribution in [2.24, 2.45) is 0 Å². The molecule has 0 radical (unpaired) electrons. The number of hydrogen-bond acceptors (Lipinski definition) is 3. The largest absolute Gasteiger partial charge is 0.618 e. The molecule has 0 aromatic carbocycles. The van der Waals surface area contributed by atoms with E-state index in [2.05, 4.69) is 6.92 Å². The van der Waals surface area contributed by atoms with Crippen molar-refractivity contribution >= 4 is 5.97 Å². The van der Waals surface area contributed by atoms with Gasteiger partial charge < -0.3 is 9.94 Å². The Morgan fingerprint density at radius 2 is 2.18 bits per heavy atom. The van der Waals surface area contributed by atoms with E-state index in [0.29, 0.717) is 24.3 Å². The van der Waals surface area contributed by atoms with Gasteiger partial charge in [0.05, 0.1) is 6.61 Å². The Bertz CT molecular complexity index is 402. The van der Waals surface area contributed by atoms with Crippen LogP contribution in [0, 0.1) is 12.1 Å². The van der Waals surface area contributed by atoms with Gasteiger partial charge in [-0.3, -0.25) is 0 Å². The predicted octanol–water partition coefficient (Wildman–Crippen LogP) is 2.15. The lowest BCUT2D eigenvalue weighted by molar-refractivity contribution is -0.614. The normalized spacial score (nSPS) is 10.3. The van der Waals surface area contributed by atoms with E-state index >= 15 is 0 Å². The first-order valence-corrected chi connectivity index (χ1v) is 6.00. The molecule has 0 amide bonds. The molecule has 0 fully saturated rings. The molecular weight excluding hydrogens is 218 g/mol. The summed E-state index contributed by atoms with van der Waals surface area (Å²) in [6.07, 6.45) is 3.92. The van der Waals surface area contributed by atoms with Crippen LogP contribution in [0.5, 0.6) is 0 Å². The molecular formula is C13H19NO3. The molecule has 0 saturated carbocycles. The fraction of sp³-hybridized carbons (Fsp3) is 0.538. The first-order chi connectivity index (χ1) is 8.11. The van der Waals surface area contributed by atoms with Crippen molar-refractivity contribution in [3.05, 3.63) is 34.3 Å². The number of esters is 1. The summed E-state index contributed by atoms with van der Waals surface area (Å²) in [6.45, 7) is 5.95. The molecule has 1 aromatic rings. The van der Waals surface area contributed by atoms with Crippen molar-refractivity contribution in [1.29, 1.82) is 0 Å².